The number of carbonyl (C=O) groups excluding carboxylic acids is 2. The number of hydrogen-bond acceptors (Lipinski definition) is 6. The van der Waals surface area contributed by atoms with Crippen molar-refractivity contribution in [3.8, 4) is 0 Å². The number of aliphatic hydroxyl groups excluding tert-OH is 1. The number of benzene rings is 2. The number of hydrogen-bond donors (Lipinski definition) is 4. The second-order valence-corrected chi connectivity index (χ2v) is 7.75. The number of nitrogens with two attached hydrogens (primary N) is 1. The van der Waals surface area contributed by atoms with Gasteiger partial charge < -0.3 is 21.5 Å². The van der Waals surface area contributed by atoms with Gasteiger partial charge in [0.2, 0.25) is 0 Å². The Bertz CT molecular complexity index is 850. The molecule has 2 aromatic rings. The van der Waals surface area contributed by atoms with Crippen molar-refractivity contribution < 1.29 is 14.7 Å². The van der Waals surface area contributed by atoms with Crippen LogP contribution in [0.25, 0.3) is 0 Å². The van der Waals surface area contributed by atoms with Gasteiger partial charge in [0.15, 0.2) is 5.78 Å². The maximum atomic E-state index is 13.6. The highest BCUT2D eigenvalue weighted by atomic mass is 16.3. The molecule has 0 aliphatic heterocycles. The van der Waals surface area contributed by atoms with Crippen molar-refractivity contribution in [3.05, 3.63) is 65.2 Å². The van der Waals surface area contributed by atoms with Gasteiger partial charge in [0.1, 0.15) is 0 Å². The van der Waals surface area contributed by atoms with E-state index in [-0.39, 0.29) is 24.8 Å². The molecule has 0 bridgehead atoms. The van der Waals surface area contributed by atoms with Crippen LogP contribution in [0.4, 0.5) is 5.69 Å². The number of amides is 1. The maximum Gasteiger partial charge on any atom is 0.251 e. The van der Waals surface area contributed by atoms with E-state index >= 15 is 0 Å². The molecule has 0 heterocycles. The van der Waals surface area contributed by atoms with Gasteiger partial charge in [-0.2, -0.15) is 0 Å². The Hall–Kier alpha value is -2.74. The second-order valence-electron chi connectivity index (χ2n) is 7.75. The molecule has 1 amide bonds. The Balaban J connectivity index is 2.23. The van der Waals surface area contributed by atoms with Crippen LogP contribution in [0.2, 0.25) is 0 Å². The number of aliphatic hydroxyl groups is 1. The molecule has 0 saturated carbocycles. The minimum Gasteiger partial charge on any atom is -0.395 e. The molecule has 31 heavy (non-hydrogen) atoms. The zero-order chi connectivity index (χ0) is 22.9. The van der Waals surface area contributed by atoms with E-state index in [9.17, 15) is 9.59 Å². The van der Waals surface area contributed by atoms with E-state index in [0.717, 1.165) is 11.3 Å². The average molecular weight is 427 g/mol. The summed E-state index contributed by atoms with van der Waals surface area (Å²) in [6.45, 7) is 3.36. The molecule has 168 valence electrons. The van der Waals surface area contributed by atoms with Gasteiger partial charge in [-0.25, -0.2) is 0 Å². The molecule has 1 atom stereocenters. The van der Waals surface area contributed by atoms with E-state index in [4.69, 9.17) is 10.8 Å². The number of nitrogens with one attached hydrogen (secondary N) is 2. The maximum absolute atomic E-state index is 13.6. The van der Waals surface area contributed by atoms with Crippen molar-refractivity contribution in [1.82, 2.24) is 10.2 Å². The Labute approximate surface area is 184 Å². The molecular formula is C24H34N4O3. The largest absolute Gasteiger partial charge is 0.395 e. The molecule has 1 unspecified atom stereocenters. The first-order chi connectivity index (χ1) is 14.9. The highest BCUT2D eigenvalue weighted by molar-refractivity contribution is 6.03. The zero-order valence-corrected chi connectivity index (χ0v) is 18.6. The lowest BCUT2D eigenvalue weighted by Gasteiger charge is -2.38. The van der Waals surface area contributed by atoms with Gasteiger partial charge in [-0.15, -0.1) is 0 Å². The summed E-state index contributed by atoms with van der Waals surface area (Å²) in [7, 11) is 3.85. The summed E-state index contributed by atoms with van der Waals surface area (Å²) < 4.78 is 0. The quantitative estimate of drug-likeness (QED) is 0.386. The fourth-order valence-corrected chi connectivity index (χ4v) is 3.65. The van der Waals surface area contributed by atoms with E-state index in [2.05, 4.69) is 10.6 Å². The Morgan fingerprint density at radius 2 is 1.61 bits per heavy atom. The minimum atomic E-state index is -0.702. The lowest BCUT2D eigenvalue weighted by Crippen LogP contribution is -2.52. The molecule has 2 aromatic carbocycles. The monoisotopic (exact) mass is 426 g/mol. The standard InChI is InChI=1S/C24H34N4O3/c1-4-24(28(2)3,22(30)19-9-11-21(12-10-19)26-14-13-25)17-18-5-7-20(8-6-18)23(31)27-15-16-29/h5-12,26,29H,4,13-17,25H2,1-3H3,(H,27,31). The van der Waals surface area contributed by atoms with Crippen LogP contribution in [0.5, 0.6) is 0 Å². The van der Waals surface area contributed by atoms with Crippen LogP contribution in [0.3, 0.4) is 0 Å². The molecule has 0 aliphatic rings. The van der Waals surface area contributed by atoms with Crippen molar-refractivity contribution in [2.75, 3.05) is 45.7 Å². The first-order valence-electron chi connectivity index (χ1n) is 10.6. The fourth-order valence-electron chi connectivity index (χ4n) is 3.65. The smallest absolute Gasteiger partial charge is 0.251 e. The molecular weight excluding hydrogens is 392 g/mol. The number of anilines is 1. The molecule has 0 saturated heterocycles. The minimum absolute atomic E-state index is 0.0649. The van der Waals surface area contributed by atoms with Gasteiger partial charge in [0, 0.05) is 36.4 Å². The fraction of sp³-hybridized carbons (Fsp3) is 0.417. The summed E-state index contributed by atoms with van der Waals surface area (Å²) >= 11 is 0. The van der Waals surface area contributed by atoms with Crippen LogP contribution in [0, 0.1) is 0 Å². The third-order valence-corrected chi connectivity index (χ3v) is 5.59. The average Bonchev–Trinajstić information content (AvgIpc) is 2.79. The summed E-state index contributed by atoms with van der Waals surface area (Å²) in [5.41, 5.74) is 7.92. The first kappa shape index (κ1) is 24.5. The molecule has 7 heteroatoms. The van der Waals surface area contributed by atoms with Crippen LogP contribution in [-0.4, -0.2) is 67.6 Å². The van der Waals surface area contributed by atoms with E-state index in [1.807, 2.05) is 62.3 Å². The van der Waals surface area contributed by atoms with Gasteiger partial charge in [-0.3, -0.25) is 14.5 Å². The summed E-state index contributed by atoms with van der Waals surface area (Å²) in [5.74, 6) is -0.162. The Kier molecular flexibility index (Phi) is 9.18. The SMILES string of the molecule is CCC(Cc1ccc(C(=O)NCCO)cc1)(C(=O)c1ccc(NCCN)cc1)N(C)C. The third-order valence-electron chi connectivity index (χ3n) is 5.59. The van der Waals surface area contributed by atoms with Crippen LogP contribution >= 0.6 is 0 Å². The van der Waals surface area contributed by atoms with Crippen molar-refractivity contribution in [2.45, 2.75) is 25.3 Å². The topological polar surface area (TPSA) is 108 Å². The van der Waals surface area contributed by atoms with E-state index in [1.54, 1.807) is 12.1 Å². The molecule has 5 N–H and O–H groups in total. The molecule has 7 nitrogen and oxygen atoms in total. The lowest BCUT2D eigenvalue weighted by molar-refractivity contribution is 0.0666. The van der Waals surface area contributed by atoms with Crippen molar-refractivity contribution in [2.24, 2.45) is 5.73 Å². The number of nitrogens with zero attached hydrogens (tertiary/aromatic N) is 1. The van der Waals surface area contributed by atoms with Gasteiger partial charge in [0.25, 0.3) is 5.91 Å². The molecule has 0 radical (unpaired) electrons. The molecule has 0 aliphatic carbocycles. The predicted molar refractivity (Wildman–Crippen MR) is 125 cm³/mol. The normalized spacial score (nSPS) is 13.0. The third kappa shape index (κ3) is 6.13. The number of rotatable bonds is 12. The van der Waals surface area contributed by atoms with Crippen molar-refractivity contribution in [3.63, 3.8) is 0 Å². The van der Waals surface area contributed by atoms with E-state index < -0.39 is 5.54 Å². The molecule has 0 aromatic heterocycles. The van der Waals surface area contributed by atoms with Crippen LogP contribution < -0.4 is 16.4 Å². The number of likely N-dealkylation sites (N-methyl/N-ethyl adjacent to an activating group) is 1. The van der Waals surface area contributed by atoms with Crippen molar-refractivity contribution >= 4 is 17.4 Å². The predicted octanol–water partition coefficient (Wildman–Crippen LogP) is 1.92. The number of ketones is 1. The van der Waals surface area contributed by atoms with E-state index in [0.29, 0.717) is 37.1 Å². The molecule has 2 rings (SSSR count). The summed E-state index contributed by atoms with van der Waals surface area (Å²) in [6.07, 6.45) is 1.17. The van der Waals surface area contributed by atoms with Gasteiger partial charge in [-0.05, 0) is 68.9 Å². The van der Waals surface area contributed by atoms with E-state index in [1.165, 1.54) is 0 Å². The number of carbonyl (C=O) groups is 2. The highest BCUT2D eigenvalue weighted by Crippen LogP contribution is 2.28. The number of Topliss-reactive ketones (excluding diaryl/α,β-unsaturated/α-hetero) is 1. The Morgan fingerprint density at radius 3 is 2.13 bits per heavy atom. The molecule has 0 spiro atoms. The van der Waals surface area contributed by atoms with Gasteiger partial charge in [-0.1, -0.05) is 19.1 Å². The van der Waals surface area contributed by atoms with Crippen LogP contribution in [0.1, 0.15) is 39.6 Å². The summed E-state index contributed by atoms with van der Waals surface area (Å²) in [4.78, 5) is 27.6. The zero-order valence-electron chi connectivity index (χ0n) is 18.6. The first-order valence-corrected chi connectivity index (χ1v) is 10.6. The highest BCUT2D eigenvalue weighted by Gasteiger charge is 2.39. The van der Waals surface area contributed by atoms with Crippen LogP contribution in [0.15, 0.2) is 48.5 Å². The Morgan fingerprint density at radius 1 is 1.00 bits per heavy atom. The second kappa shape index (κ2) is 11.6. The molecule has 0 fully saturated rings. The van der Waals surface area contributed by atoms with Gasteiger partial charge >= 0.3 is 0 Å². The summed E-state index contributed by atoms with van der Waals surface area (Å²) in [5, 5.41) is 14.7. The summed E-state index contributed by atoms with van der Waals surface area (Å²) in [6, 6.07) is 14.8. The van der Waals surface area contributed by atoms with Crippen molar-refractivity contribution in [1.29, 1.82) is 0 Å². The van der Waals surface area contributed by atoms with Gasteiger partial charge in [0.05, 0.1) is 12.1 Å². The van der Waals surface area contributed by atoms with Crippen LogP contribution in [-0.2, 0) is 6.42 Å². The lowest BCUT2D eigenvalue weighted by atomic mass is 9.80.